The monoisotopic (exact) mass is 339 g/mol. The largest absolute Gasteiger partial charge is 0.482 e. The van der Waals surface area contributed by atoms with Crippen LogP contribution in [0.3, 0.4) is 0 Å². The predicted molar refractivity (Wildman–Crippen MR) is 89.9 cm³/mol. The van der Waals surface area contributed by atoms with Crippen molar-refractivity contribution >= 4 is 29.9 Å². The molecule has 2 unspecified atom stereocenters. The number of hydrogen-bond donors (Lipinski definition) is 3. The Morgan fingerprint density at radius 1 is 1.35 bits per heavy atom. The summed E-state index contributed by atoms with van der Waals surface area (Å²) in [5.74, 6) is 0.994. The molecule has 1 aromatic rings. The van der Waals surface area contributed by atoms with E-state index in [0.29, 0.717) is 17.4 Å². The lowest BCUT2D eigenvalue weighted by Crippen LogP contribution is -2.49. The average Bonchev–Trinajstić information content (AvgIpc) is 2.44. The zero-order valence-electron chi connectivity index (χ0n) is 13.2. The summed E-state index contributed by atoms with van der Waals surface area (Å²) in [7, 11) is 0. The van der Waals surface area contributed by atoms with E-state index in [1.54, 1.807) is 0 Å². The molecule has 0 saturated carbocycles. The van der Waals surface area contributed by atoms with Gasteiger partial charge in [-0.2, -0.15) is 0 Å². The van der Waals surface area contributed by atoms with Gasteiger partial charge in [0.2, 0.25) is 5.91 Å². The molecule has 2 amide bonds. The third kappa shape index (κ3) is 3.76. The minimum Gasteiger partial charge on any atom is -0.482 e. The predicted octanol–water partition coefficient (Wildman–Crippen LogP) is 1.47. The number of ether oxygens (including phenoxy) is 1. The van der Waals surface area contributed by atoms with Crippen LogP contribution in [-0.4, -0.2) is 31.5 Å². The van der Waals surface area contributed by atoms with Gasteiger partial charge in [-0.1, -0.05) is 13.0 Å². The lowest BCUT2D eigenvalue weighted by molar-refractivity contribution is -0.127. The number of carbonyl (C=O) groups is 2. The van der Waals surface area contributed by atoms with Gasteiger partial charge in [0.15, 0.2) is 6.61 Å². The van der Waals surface area contributed by atoms with Crippen LogP contribution in [-0.2, 0) is 9.59 Å². The topological polar surface area (TPSA) is 79.5 Å². The van der Waals surface area contributed by atoms with E-state index in [1.807, 2.05) is 32.0 Å². The Kier molecular flexibility index (Phi) is 5.49. The molecule has 126 valence electrons. The lowest BCUT2D eigenvalue weighted by Gasteiger charge is -2.32. The zero-order valence-corrected chi connectivity index (χ0v) is 14.0. The van der Waals surface area contributed by atoms with Crippen molar-refractivity contribution in [2.75, 3.05) is 25.0 Å². The standard InChI is InChI=1S/C16H21N3O3.ClH/c1-9(12-6-17-7-12)16(21)18-10(2)11-3-4-14-13(5-11)19-15(20)8-22-14;/h3-5,9-10,12,17H,6-8H2,1-2H3,(H,18,21)(H,19,20);1H. The van der Waals surface area contributed by atoms with Crippen LogP contribution in [0.1, 0.15) is 25.5 Å². The van der Waals surface area contributed by atoms with Gasteiger partial charge in [0, 0.05) is 5.92 Å². The summed E-state index contributed by atoms with van der Waals surface area (Å²) in [6.07, 6.45) is 0. The second-order valence-electron chi connectivity index (χ2n) is 6.03. The van der Waals surface area contributed by atoms with E-state index >= 15 is 0 Å². The summed E-state index contributed by atoms with van der Waals surface area (Å²) >= 11 is 0. The molecule has 0 radical (unpaired) electrons. The highest BCUT2D eigenvalue weighted by atomic mass is 35.5. The van der Waals surface area contributed by atoms with E-state index in [-0.39, 0.29) is 42.8 Å². The number of nitrogens with one attached hydrogen (secondary N) is 3. The van der Waals surface area contributed by atoms with Gasteiger partial charge in [-0.15, -0.1) is 12.4 Å². The molecular formula is C16H22ClN3O3. The van der Waals surface area contributed by atoms with Crippen LogP contribution in [0.2, 0.25) is 0 Å². The zero-order chi connectivity index (χ0) is 15.7. The Hall–Kier alpha value is -1.79. The first kappa shape index (κ1) is 17.6. The maximum absolute atomic E-state index is 12.3. The summed E-state index contributed by atoms with van der Waals surface area (Å²) in [4.78, 5) is 23.6. The highest BCUT2D eigenvalue weighted by Gasteiger charge is 2.29. The SMILES string of the molecule is CC(NC(=O)C(C)C1CNC1)c1ccc2c(c1)NC(=O)CO2.Cl. The molecule has 1 saturated heterocycles. The molecule has 0 bridgehead atoms. The molecule has 6 nitrogen and oxygen atoms in total. The van der Waals surface area contributed by atoms with Crippen molar-refractivity contribution < 1.29 is 14.3 Å². The Bertz CT molecular complexity index is 604. The lowest BCUT2D eigenvalue weighted by atomic mass is 9.88. The molecule has 1 fully saturated rings. The van der Waals surface area contributed by atoms with Crippen molar-refractivity contribution in [2.45, 2.75) is 19.9 Å². The summed E-state index contributed by atoms with van der Waals surface area (Å²) in [5.41, 5.74) is 1.60. The number of benzene rings is 1. The summed E-state index contributed by atoms with van der Waals surface area (Å²) in [6, 6.07) is 5.47. The normalized spacial score (nSPS) is 19.1. The molecule has 2 atom stereocenters. The number of anilines is 1. The fraction of sp³-hybridized carbons (Fsp3) is 0.500. The molecule has 0 aliphatic carbocycles. The molecule has 0 spiro atoms. The molecule has 2 aliphatic heterocycles. The van der Waals surface area contributed by atoms with Gasteiger partial charge in [-0.05, 0) is 43.6 Å². The van der Waals surface area contributed by atoms with E-state index in [1.165, 1.54) is 0 Å². The van der Waals surface area contributed by atoms with Crippen LogP contribution in [0, 0.1) is 11.8 Å². The van der Waals surface area contributed by atoms with Crippen molar-refractivity contribution in [3.05, 3.63) is 23.8 Å². The van der Waals surface area contributed by atoms with Gasteiger partial charge in [0.25, 0.3) is 5.91 Å². The van der Waals surface area contributed by atoms with Crippen molar-refractivity contribution in [1.29, 1.82) is 0 Å². The maximum Gasteiger partial charge on any atom is 0.262 e. The Morgan fingerprint density at radius 3 is 2.74 bits per heavy atom. The second kappa shape index (κ2) is 7.19. The minimum absolute atomic E-state index is 0. The van der Waals surface area contributed by atoms with Gasteiger partial charge < -0.3 is 20.7 Å². The van der Waals surface area contributed by atoms with Crippen molar-refractivity contribution in [1.82, 2.24) is 10.6 Å². The van der Waals surface area contributed by atoms with Crippen LogP contribution in [0.4, 0.5) is 5.69 Å². The third-order valence-electron chi connectivity index (χ3n) is 4.43. The Labute approximate surface area is 141 Å². The Morgan fingerprint density at radius 2 is 2.09 bits per heavy atom. The van der Waals surface area contributed by atoms with Crippen molar-refractivity contribution in [2.24, 2.45) is 11.8 Å². The molecule has 1 aromatic carbocycles. The first-order valence-corrected chi connectivity index (χ1v) is 7.62. The van der Waals surface area contributed by atoms with Gasteiger partial charge in [-0.25, -0.2) is 0 Å². The van der Waals surface area contributed by atoms with Gasteiger partial charge in [0.05, 0.1) is 11.7 Å². The minimum atomic E-state index is -0.160. The number of rotatable bonds is 4. The fourth-order valence-electron chi connectivity index (χ4n) is 2.68. The summed E-state index contributed by atoms with van der Waals surface area (Å²) < 4.78 is 5.34. The van der Waals surface area contributed by atoms with Crippen LogP contribution >= 0.6 is 12.4 Å². The number of hydrogen-bond acceptors (Lipinski definition) is 4. The van der Waals surface area contributed by atoms with E-state index in [0.717, 1.165) is 18.7 Å². The maximum atomic E-state index is 12.3. The van der Waals surface area contributed by atoms with Crippen LogP contribution in [0.25, 0.3) is 0 Å². The quantitative estimate of drug-likeness (QED) is 0.776. The van der Waals surface area contributed by atoms with E-state index in [2.05, 4.69) is 16.0 Å². The molecular weight excluding hydrogens is 318 g/mol. The first-order valence-electron chi connectivity index (χ1n) is 7.62. The average molecular weight is 340 g/mol. The number of carbonyl (C=O) groups excluding carboxylic acids is 2. The third-order valence-corrected chi connectivity index (χ3v) is 4.43. The molecule has 2 aliphatic rings. The molecule has 2 heterocycles. The molecule has 3 rings (SSSR count). The second-order valence-corrected chi connectivity index (χ2v) is 6.03. The van der Waals surface area contributed by atoms with Crippen LogP contribution in [0.15, 0.2) is 18.2 Å². The fourth-order valence-corrected chi connectivity index (χ4v) is 2.68. The van der Waals surface area contributed by atoms with Crippen molar-refractivity contribution in [3.63, 3.8) is 0 Å². The molecule has 7 heteroatoms. The highest BCUT2D eigenvalue weighted by molar-refractivity contribution is 5.95. The van der Waals surface area contributed by atoms with E-state index in [4.69, 9.17) is 4.74 Å². The van der Waals surface area contributed by atoms with Crippen LogP contribution < -0.4 is 20.7 Å². The van der Waals surface area contributed by atoms with Gasteiger partial charge in [0.1, 0.15) is 5.75 Å². The highest BCUT2D eigenvalue weighted by Crippen LogP contribution is 2.30. The summed E-state index contributed by atoms with van der Waals surface area (Å²) in [5, 5.41) is 9.01. The molecule has 0 aromatic heterocycles. The number of halogens is 1. The van der Waals surface area contributed by atoms with E-state index < -0.39 is 0 Å². The first-order chi connectivity index (χ1) is 10.5. The summed E-state index contributed by atoms with van der Waals surface area (Å²) in [6.45, 7) is 5.77. The van der Waals surface area contributed by atoms with E-state index in [9.17, 15) is 9.59 Å². The van der Waals surface area contributed by atoms with Gasteiger partial charge in [-0.3, -0.25) is 9.59 Å². The molecule has 3 N–H and O–H groups in total. The number of amides is 2. The van der Waals surface area contributed by atoms with Crippen molar-refractivity contribution in [3.8, 4) is 5.75 Å². The Balaban J connectivity index is 0.00000192. The smallest absolute Gasteiger partial charge is 0.262 e. The van der Waals surface area contributed by atoms with Gasteiger partial charge >= 0.3 is 0 Å². The molecule has 23 heavy (non-hydrogen) atoms. The van der Waals surface area contributed by atoms with Crippen LogP contribution in [0.5, 0.6) is 5.75 Å². The number of fused-ring (bicyclic) bond motifs is 1.